The van der Waals surface area contributed by atoms with Crippen LogP contribution in [0.5, 0.6) is 0 Å². The van der Waals surface area contributed by atoms with Gasteiger partial charge in [0.2, 0.25) is 5.91 Å². The lowest BCUT2D eigenvalue weighted by atomic mass is 10.0. The minimum absolute atomic E-state index is 0.104. The summed E-state index contributed by atoms with van der Waals surface area (Å²) in [7, 11) is 0. The number of benzene rings is 1. The highest BCUT2D eigenvalue weighted by Gasteiger charge is 2.24. The second kappa shape index (κ2) is 7.25. The number of aromatic nitrogens is 1. The number of carbonyl (C=O) groups is 2. The van der Waals surface area contributed by atoms with Gasteiger partial charge in [0, 0.05) is 11.9 Å². The molecule has 2 aromatic heterocycles. The van der Waals surface area contributed by atoms with E-state index in [1.807, 2.05) is 47.8 Å². The zero-order chi connectivity index (χ0) is 17.9. The van der Waals surface area contributed by atoms with Crippen LogP contribution in [0.4, 0.5) is 0 Å². The van der Waals surface area contributed by atoms with Gasteiger partial charge >= 0.3 is 0 Å². The van der Waals surface area contributed by atoms with Gasteiger partial charge in [-0.1, -0.05) is 24.3 Å². The van der Waals surface area contributed by atoms with E-state index in [0.29, 0.717) is 18.5 Å². The maximum absolute atomic E-state index is 13.0. The molecule has 3 heterocycles. The Morgan fingerprint density at radius 3 is 2.92 bits per heavy atom. The van der Waals surface area contributed by atoms with Crippen LogP contribution in [0.3, 0.4) is 0 Å². The zero-order valence-electron chi connectivity index (χ0n) is 14.2. The van der Waals surface area contributed by atoms with Crippen LogP contribution < -0.4 is 10.6 Å². The van der Waals surface area contributed by atoms with E-state index in [9.17, 15) is 9.59 Å². The summed E-state index contributed by atoms with van der Waals surface area (Å²) in [6.07, 6.45) is 2.53. The van der Waals surface area contributed by atoms with Crippen molar-refractivity contribution in [1.29, 1.82) is 0 Å². The average Bonchev–Trinajstić information content (AvgIpc) is 3.13. The predicted molar refractivity (Wildman–Crippen MR) is 103 cm³/mol. The molecule has 0 bridgehead atoms. The number of rotatable bonds is 3. The Morgan fingerprint density at radius 2 is 2.08 bits per heavy atom. The Bertz CT molecular complexity index is 953. The molecule has 6 heteroatoms. The fraction of sp³-hybridized carbons (Fsp3) is 0.250. The molecule has 0 radical (unpaired) electrons. The van der Waals surface area contributed by atoms with E-state index in [1.165, 1.54) is 0 Å². The molecule has 1 aromatic carbocycles. The van der Waals surface area contributed by atoms with Gasteiger partial charge in [-0.2, -0.15) is 0 Å². The van der Waals surface area contributed by atoms with Crippen LogP contribution in [0.1, 0.15) is 29.6 Å². The van der Waals surface area contributed by atoms with Gasteiger partial charge in [-0.15, -0.1) is 11.3 Å². The van der Waals surface area contributed by atoms with Crippen LogP contribution in [-0.4, -0.2) is 29.4 Å². The van der Waals surface area contributed by atoms with Crippen LogP contribution in [0.2, 0.25) is 0 Å². The van der Waals surface area contributed by atoms with Crippen molar-refractivity contribution in [2.24, 2.45) is 0 Å². The third-order valence-corrected chi connectivity index (χ3v) is 5.47. The number of fused-ring (bicyclic) bond motifs is 1. The molecule has 5 nitrogen and oxygen atoms in total. The van der Waals surface area contributed by atoms with Crippen LogP contribution in [0, 0.1) is 0 Å². The summed E-state index contributed by atoms with van der Waals surface area (Å²) in [5.74, 6) is -0.337. The first-order chi connectivity index (χ1) is 12.7. The molecule has 1 atom stereocenters. The smallest absolute Gasteiger partial charge is 0.252 e. The fourth-order valence-electron chi connectivity index (χ4n) is 3.23. The quantitative estimate of drug-likeness (QED) is 0.748. The maximum atomic E-state index is 13.0. The van der Waals surface area contributed by atoms with Gasteiger partial charge in [0.05, 0.1) is 21.7 Å². The molecule has 1 aliphatic rings. The first-order valence-corrected chi connectivity index (χ1v) is 9.62. The topological polar surface area (TPSA) is 71.1 Å². The standard InChI is InChI=1S/C20H19N3O2S/c24-19(23-16-8-3-4-10-21-20(16)25)14-12-17(18-9-5-11-26-18)22-15-7-2-1-6-13(14)15/h1-2,5-7,9,11-12,16H,3-4,8,10H2,(H,21,25)(H,23,24). The van der Waals surface area contributed by atoms with Gasteiger partial charge < -0.3 is 10.6 Å². The van der Waals surface area contributed by atoms with E-state index in [2.05, 4.69) is 15.6 Å². The minimum Gasteiger partial charge on any atom is -0.354 e. The normalized spacial score (nSPS) is 17.5. The number of pyridine rings is 1. The summed E-state index contributed by atoms with van der Waals surface area (Å²) in [4.78, 5) is 30.9. The molecule has 26 heavy (non-hydrogen) atoms. The third-order valence-electron chi connectivity index (χ3n) is 4.58. The van der Waals surface area contributed by atoms with E-state index in [0.717, 1.165) is 34.3 Å². The molecule has 1 unspecified atom stereocenters. The van der Waals surface area contributed by atoms with Crippen LogP contribution in [-0.2, 0) is 4.79 Å². The van der Waals surface area contributed by atoms with Gasteiger partial charge in [0.1, 0.15) is 6.04 Å². The molecule has 0 aliphatic carbocycles. The molecule has 1 aliphatic heterocycles. The summed E-state index contributed by atoms with van der Waals surface area (Å²) in [5, 5.41) is 8.55. The molecular formula is C20H19N3O2S. The molecule has 1 fully saturated rings. The summed E-state index contributed by atoms with van der Waals surface area (Å²) in [5.41, 5.74) is 2.10. The maximum Gasteiger partial charge on any atom is 0.252 e. The van der Waals surface area contributed by atoms with E-state index >= 15 is 0 Å². The van der Waals surface area contributed by atoms with E-state index in [-0.39, 0.29) is 11.8 Å². The SMILES string of the molecule is O=C(NC1CCCCNC1=O)c1cc(-c2cccs2)nc2ccccc12. The first-order valence-electron chi connectivity index (χ1n) is 8.74. The number of hydrogen-bond acceptors (Lipinski definition) is 4. The lowest BCUT2D eigenvalue weighted by Gasteiger charge is -2.16. The highest BCUT2D eigenvalue weighted by Crippen LogP contribution is 2.28. The predicted octanol–water partition coefficient (Wildman–Crippen LogP) is 3.36. The number of amides is 2. The van der Waals surface area contributed by atoms with Crippen LogP contribution in [0.25, 0.3) is 21.5 Å². The highest BCUT2D eigenvalue weighted by atomic mass is 32.1. The summed E-state index contributed by atoms with van der Waals surface area (Å²) >= 11 is 1.59. The number of hydrogen-bond donors (Lipinski definition) is 2. The number of nitrogens with zero attached hydrogens (tertiary/aromatic N) is 1. The molecule has 132 valence electrons. The van der Waals surface area contributed by atoms with Gasteiger partial charge in [-0.25, -0.2) is 4.98 Å². The number of carbonyl (C=O) groups excluding carboxylic acids is 2. The molecule has 0 spiro atoms. The Labute approximate surface area is 155 Å². The molecule has 3 aromatic rings. The molecule has 1 saturated heterocycles. The van der Waals surface area contributed by atoms with Gasteiger partial charge in [0.15, 0.2) is 0 Å². The van der Waals surface area contributed by atoms with Gasteiger partial charge in [0.25, 0.3) is 5.91 Å². The molecule has 4 rings (SSSR count). The zero-order valence-corrected chi connectivity index (χ0v) is 15.0. The molecule has 0 saturated carbocycles. The van der Waals surface area contributed by atoms with Crippen LogP contribution >= 0.6 is 11.3 Å². The molecular weight excluding hydrogens is 346 g/mol. The van der Waals surface area contributed by atoms with Gasteiger partial charge in [-0.3, -0.25) is 9.59 Å². The lowest BCUT2D eigenvalue weighted by Crippen LogP contribution is -2.45. The second-order valence-electron chi connectivity index (χ2n) is 6.36. The third kappa shape index (κ3) is 3.32. The van der Waals surface area contributed by atoms with Crippen LogP contribution in [0.15, 0.2) is 47.8 Å². The Kier molecular flexibility index (Phi) is 4.67. The number of nitrogens with one attached hydrogen (secondary N) is 2. The fourth-order valence-corrected chi connectivity index (χ4v) is 3.91. The second-order valence-corrected chi connectivity index (χ2v) is 7.31. The van der Waals surface area contributed by atoms with E-state index < -0.39 is 6.04 Å². The van der Waals surface area contributed by atoms with E-state index in [4.69, 9.17) is 0 Å². The summed E-state index contributed by atoms with van der Waals surface area (Å²) < 4.78 is 0. The van der Waals surface area contributed by atoms with Crippen molar-refractivity contribution in [1.82, 2.24) is 15.6 Å². The molecule has 2 amide bonds. The van der Waals surface area contributed by atoms with Crippen molar-refractivity contribution in [3.63, 3.8) is 0 Å². The average molecular weight is 365 g/mol. The largest absolute Gasteiger partial charge is 0.354 e. The van der Waals surface area contributed by atoms with E-state index in [1.54, 1.807) is 11.3 Å². The Morgan fingerprint density at radius 1 is 1.19 bits per heavy atom. The first kappa shape index (κ1) is 16.7. The van der Waals surface area contributed by atoms with Crippen molar-refractivity contribution in [2.75, 3.05) is 6.54 Å². The van der Waals surface area contributed by atoms with Crippen molar-refractivity contribution in [3.8, 4) is 10.6 Å². The van der Waals surface area contributed by atoms with Crippen molar-refractivity contribution in [2.45, 2.75) is 25.3 Å². The van der Waals surface area contributed by atoms with Crippen molar-refractivity contribution >= 4 is 34.1 Å². The van der Waals surface area contributed by atoms with Crippen molar-refractivity contribution in [3.05, 3.63) is 53.4 Å². The Balaban J connectivity index is 1.72. The lowest BCUT2D eigenvalue weighted by molar-refractivity contribution is -0.122. The number of thiophene rings is 1. The van der Waals surface area contributed by atoms with Gasteiger partial charge in [-0.05, 0) is 42.8 Å². The highest BCUT2D eigenvalue weighted by molar-refractivity contribution is 7.13. The monoisotopic (exact) mass is 365 g/mol. The minimum atomic E-state index is -0.484. The number of para-hydroxylation sites is 1. The summed E-state index contributed by atoms with van der Waals surface area (Å²) in [6.45, 7) is 0.673. The Hall–Kier alpha value is -2.73. The molecule has 2 N–H and O–H groups in total. The van der Waals surface area contributed by atoms with Crippen molar-refractivity contribution < 1.29 is 9.59 Å². The summed E-state index contributed by atoms with van der Waals surface area (Å²) in [6, 6.07) is 12.9.